The third kappa shape index (κ3) is 6.26. The van der Waals surface area contributed by atoms with Crippen LogP contribution in [0.3, 0.4) is 0 Å². The van der Waals surface area contributed by atoms with Gasteiger partial charge in [-0.1, -0.05) is 36.4 Å². The van der Waals surface area contributed by atoms with Gasteiger partial charge in [-0.3, -0.25) is 0 Å². The van der Waals surface area contributed by atoms with Crippen LogP contribution in [-0.4, -0.2) is 42.1 Å². The zero-order valence-electron chi connectivity index (χ0n) is 15.2. The fourth-order valence-corrected chi connectivity index (χ4v) is 3.53. The van der Waals surface area contributed by atoms with E-state index in [-0.39, 0.29) is 11.8 Å². The molecule has 0 spiro atoms. The molecule has 1 N–H and O–H groups in total. The standard InChI is InChI=1S/C20H25NO4S/c1-21(2)17(19(22)23)13-14-18(26-16-11-7-4-8-12-16)20(24)25-15-9-5-3-6-10-15/h4,7-8,11-15H,3,5-6,9-10H2,1-2H3,(H,22,23). The molecule has 1 aromatic rings. The summed E-state index contributed by atoms with van der Waals surface area (Å²) < 4.78 is 5.66. The fourth-order valence-electron chi connectivity index (χ4n) is 2.72. The number of esters is 1. The molecule has 0 atom stereocenters. The number of hydrogen-bond donors (Lipinski definition) is 1. The van der Waals surface area contributed by atoms with Gasteiger partial charge >= 0.3 is 11.9 Å². The molecule has 0 unspecified atom stereocenters. The lowest BCUT2D eigenvalue weighted by molar-refractivity contribution is -0.144. The Hall–Kier alpha value is -2.21. The number of aliphatic carboxylic acids is 1. The summed E-state index contributed by atoms with van der Waals surface area (Å²) in [5, 5.41) is 9.28. The van der Waals surface area contributed by atoms with Crippen LogP contribution in [0, 0.1) is 0 Å². The highest BCUT2D eigenvalue weighted by Crippen LogP contribution is 2.29. The van der Waals surface area contributed by atoms with Crippen LogP contribution in [0.25, 0.3) is 0 Å². The number of benzene rings is 1. The molecule has 0 heterocycles. The fraction of sp³-hybridized carbons (Fsp3) is 0.400. The molecule has 1 fully saturated rings. The Labute approximate surface area is 158 Å². The summed E-state index contributed by atoms with van der Waals surface area (Å²) in [5.74, 6) is -1.44. The van der Waals surface area contributed by atoms with Crippen molar-refractivity contribution in [3.8, 4) is 0 Å². The molecule has 1 aromatic carbocycles. The highest BCUT2D eigenvalue weighted by molar-refractivity contribution is 8.04. The molecule has 6 heteroatoms. The van der Waals surface area contributed by atoms with Gasteiger partial charge in [-0.05, 0) is 50.0 Å². The Kier molecular flexibility index (Phi) is 7.78. The lowest BCUT2D eigenvalue weighted by atomic mass is 9.98. The van der Waals surface area contributed by atoms with Crippen LogP contribution >= 0.6 is 11.8 Å². The van der Waals surface area contributed by atoms with Crippen LogP contribution < -0.4 is 0 Å². The number of carbonyl (C=O) groups is 2. The van der Waals surface area contributed by atoms with E-state index in [1.54, 1.807) is 14.1 Å². The van der Waals surface area contributed by atoms with E-state index >= 15 is 0 Å². The highest BCUT2D eigenvalue weighted by Gasteiger charge is 2.21. The summed E-state index contributed by atoms with van der Waals surface area (Å²) in [4.78, 5) is 26.8. The van der Waals surface area contributed by atoms with E-state index in [0.29, 0.717) is 4.91 Å². The largest absolute Gasteiger partial charge is 0.477 e. The first-order valence-corrected chi connectivity index (χ1v) is 9.55. The van der Waals surface area contributed by atoms with Crippen molar-refractivity contribution in [1.82, 2.24) is 4.90 Å². The van der Waals surface area contributed by atoms with Gasteiger partial charge in [-0.25, -0.2) is 9.59 Å². The average Bonchev–Trinajstić information content (AvgIpc) is 2.62. The second kappa shape index (κ2) is 10.1. The minimum absolute atomic E-state index is 0.0483. The molecule has 26 heavy (non-hydrogen) atoms. The number of nitrogens with zero attached hydrogens (tertiary/aromatic N) is 1. The first-order valence-electron chi connectivity index (χ1n) is 8.74. The molecule has 0 aliphatic heterocycles. The van der Waals surface area contributed by atoms with Gasteiger partial charge in [0.05, 0.1) is 4.91 Å². The number of carbonyl (C=O) groups excluding carboxylic acids is 1. The molecule has 0 saturated heterocycles. The zero-order chi connectivity index (χ0) is 18.9. The summed E-state index contributed by atoms with van der Waals surface area (Å²) in [6, 6.07) is 9.50. The van der Waals surface area contributed by atoms with Gasteiger partial charge in [0.2, 0.25) is 0 Å². The lowest BCUT2D eigenvalue weighted by Crippen LogP contribution is -2.21. The number of allylic oxidation sites excluding steroid dienone is 2. The van der Waals surface area contributed by atoms with Crippen molar-refractivity contribution in [2.75, 3.05) is 14.1 Å². The molecule has 2 rings (SSSR count). The van der Waals surface area contributed by atoms with Gasteiger partial charge < -0.3 is 14.7 Å². The van der Waals surface area contributed by atoms with Crippen molar-refractivity contribution >= 4 is 23.7 Å². The van der Waals surface area contributed by atoms with E-state index in [1.165, 1.54) is 35.2 Å². The van der Waals surface area contributed by atoms with Crippen LogP contribution in [0.1, 0.15) is 32.1 Å². The minimum Gasteiger partial charge on any atom is -0.477 e. The molecule has 1 aliphatic rings. The van der Waals surface area contributed by atoms with Crippen molar-refractivity contribution in [1.29, 1.82) is 0 Å². The SMILES string of the molecule is CN(C)C(=CC=C(Sc1ccccc1)C(=O)OC1CCCCC1)C(=O)O. The first kappa shape index (κ1) is 20.1. The number of likely N-dealkylation sites (N-methyl/N-ethyl adjacent to an activating group) is 1. The second-order valence-electron chi connectivity index (χ2n) is 6.36. The van der Waals surface area contributed by atoms with E-state index in [1.807, 2.05) is 30.3 Å². The Morgan fingerprint density at radius 1 is 1.12 bits per heavy atom. The third-order valence-electron chi connectivity index (χ3n) is 4.09. The molecule has 1 aliphatic carbocycles. The number of carboxylic acid groups (broad SMARTS) is 1. The Morgan fingerprint density at radius 3 is 2.35 bits per heavy atom. The van der Waals surface area contributed by atoms with E-state index in [2.05, 4.69) is 0 Å². The van der Waals surface area contributed by atoms with Gasteiger partial charge in [0, 0.05) is 19.0 Å². The summed E-state index contributed by atoms with van der Waals surface area (Å²) in [6.07, 6.45) is 8.04. The molecular weight excluding hydrogens is 350 g/mol. The predicted molar refractivity (Wildman–Crippen MR) is 103 cm³/mol. The van der Waals surface area contributed by atoms with Crippen molar-refractivity contribution in [2.45, 2.75) is 43.1 Å². The van der Waals surface area contributed by atoms with Crippen LogP contribution in [0.5, 0.6) is 0 Å². The number of carboxylic acids is 1. The maximum absolute atomic E-state index is 12.7. The molecule has 0 bridgehead atoms. The number of rotatable bonds is 7. The minimum atomic E-state index is -1.05. The number of thioether (sulfide) groups is 1. The van der Waals surface area contributed by atoms with Crippen molar-refractivity contribution in [3.63, 3.8) is 0 Å². The quantitative estimate of drug-likeness (QED) is 0.335. The lowest BCUT2D eigenvalue weighted by Gasteiger charge is -2.22. The molecule has 1 saturated carbocycles. The maximum Gasteiger partial charge on any atom is 0.352 e. The van der Waals surface area contributed by atoms with Crippen molar-refractivity contribution in [2.24, 2.45) is 0 Å². The monoisotopic (exact) mass is 375 g/mol. The highest BCUT2D eigenvalue weighted by atomic mass is 32.2. The number of hydrogen-bond acceptors (Lipinski definition) is 5. The van der Waals surface area contributed by atoms with E-state index in [9.17, 15) is 14.7 Å². The molecule has 140 valence electrons. The van der Waals surface area contributed by atoms with Gasteiger partial charge in [0.25, 0.3) is 0 Å². The molecule has 0 radical (unpaired) electrons. The Morgan fingerprint density at radius 2 is 1.77 bits per heavy atom. The van der Waals surface area contributed by atoms with Crippen LogP contribution in [0.15, 0.2) is 58.0 Å². The van der Waals surface area contributed by atoms with Gasteiger partial charge in [-0.2, -0.15) is 0 Å². The Bertz CT molecular complexity index is 676. The van der Waals surface area contributed by atoms with E-state index < -0.39 is 11.9 Å². The third-order valence-corrected chi connectivity index (χ3v) is 5.12. The zero-order valence-corrected chi connectivity index (χ0v) is 16.0. The van der Waals surface area contributed by atoms with E-state index in [0.717, 1.165) is 30.6 Å². The van der Waals surface area contributed by atoms with Gasteiger partial charge in [0.15, 0.2) is 0 Å². The molecule has 0 aromatic heterocycles. The maximum atomic E-state index is 12.7. The average molecular weight is 375 g/mol. The first-order chi connectivity index (χ1) is 12.5. The van der Waals surface area contributed by atoms with Crippen molar-refractivity contribution < 1.29 is 19.4 Å². The van der Waals surface area contributed by atoms with E-state index in [4.69, 9.17) is 4.74 Å². The Balaban J connectivity index is 2.22. The van der Waals surface area contributed by atoms with Crippen molar-refractivity contribution in [3.05, 3.63) is 53.1 Å². The van der Waals surface area contributed by atoms with Gasteiger partial charge in [-0.15, -0.1) is 0 Å². The summed E-state index contributed by atoms with van der Waals surface area (Å²) in [7, 11) is 3.30. The topological polar surface area (TPSA) is 66.8 Å². The van der Waals surface area contributed by atoms with Crippen LogP contribution in [0.4, 0.5) is 0 Å². The smallest absolute Gasteiger partial charge is 0.352 e. The summed E-state index contributed by atoms with van der Waals surface area (Å²) in [5.41, 5.74) is 0.0987. The summed E-state index contributed by atoms with van der Waals surface area (Å²) in [6.45, 7) is 0. The molecule has 0 amide bonds. The molecular formula is C20H25NO4S. The normalized spacial score (nSPS) is 16.2. The number of ether oxygens (including phenoxy) is 1. The summed E-state index contributed by atoms with van der Waals surface area (Å²) >= 11 is 1.28. The van der Waals surface area contributed by atoms with Gasteiger partial charge in [0.1, 0.15) is 11.8 Å². The van der Waals surface area contributed by atoms with Crippen LogP contribution in [-0.2, 0) is 14.3 Å². The predicted octanol–water partition coefficient (Wildman–Crippen LogP) is 4.07. The van der Waals surface area contributed by atoms with Crippen LogP contribution in [0.2, 0.25) is 0 Å². The second-order valence-corrected chi connectivity index (χ2v) is 7.48. The molecule has 5 nitrogen and oxygen atoms in total.